The van der Waals surface area contributed by atoms with E-state index in [9.17, 15) is 15.3 Å². The summed E-state index contributed by atoms with van der Waals surface area (Å²) >= 11 is 0. The summed E-state index contributed by atoms with van der Waals surface area (Å²) < 4.78 is 25.2. The summed E-state index contributed by atoms with van der Waals surface area (Å²) in [7, 11) is 0. The fourth-order valence-electron chi connectivity index (χ4n) is 14.1. The molecule has 21 rings (SSSR count). The Labute approximate surface area is 671 Å². The Morgan fingerprint density at radius 1 is 0.300 bits per heavy atom. The number of imidazole rings is 6. The van der Waals surface area contributed by atoms with Crippen molar-refractivity contribution in [2.75, 3.05) is 0 Å². The van der Waals surface area contributed by atoms with E-state index in [1.54, 1.807) is 42.6 Å². The average Bonchev–Trinajstić information content (AvgIpc) is 1.56. The van der Waals surface area contributed by atoms with E-state index in [0.717, 1.165) is 106 Å². The molecular weight excluding hydrogens is 1910 g/mol. The molecule has 0 amide bonds. The van der Waals surface area contributed by atoms with Gasteiger partial charge < -0.3 is 33.9 Å². The van der Waals surface area contributed by atoms with Gasteiger partial charge in [0.25, 0.3) is 0 Å². The molecule has 0 spiro atoms. The van der Waals surface area contributed by atoms with Gasteiger partial charge in [-0.3, -0.25) is 27.7 Å². The summed E-state index contributed by atoms with van der Waals surface area (Å²) in [5.41, 5.74) is 20.2. The molecule has 3 N–H and O–H groups in total. The first-order valence-corrected chi connectivity index (χ1v) is 34.6. The Balaban J connectivity index is 0.000000124. The first-order valence-electron chi connectivity index (χ1n) is 34.6. The van der Waals surface area contributed by atoms with Crippen molar-refractivity contribution in [1.29, 1.82) is 0 Å². The summed E-state index contributed by atoms with van der Waals surface area (Å²) in [4.78, 5) is 28.7. The Morgan fingerprint density at radius 3 is 1.35 bits per heavy atom. The monoisotopic (exact) mass is 1970 g/mol. The van der Waals surface area contributed by atoms with Crippen LogP contribution in [0.15, 0.2) is 328 Å². The normalized spacial score (nSPS) is 11.2. The van der Waals surface area contributed by atoms with Gasteiger partial charge in [-0.15, -0.1) is 54.1 Å². The number of aromatic nitrogens is 12. The number of nitrogens with zero attached hydrogens (tertiary/aromatic N) is 12. The number of phenolic OH excluding ortho intramolecular Hbond substituents is 3. The van der Waals surface area contributed by atoms with E-state index >= 15 is 0 Å². The molecule has 0 aliphatic heterocycles. The number of benzene rings is 12. The topological polar surface area (TPSA) is 185 Å². The van der Waals surface area contributed by atoms with Crippen LogP contribution in [0, 0.1) is 18.2 Å². The van der Waals surface area contributed by atoms with Crippen LogP contribution in [0.25, 0.3) is 146 Å². The molecule has 540 valence electrons. The molecule has 110 heavy (non-hydrogen) atoms. The quantitative estimate of drug-likeness (QED) is 0.105. The summed E-state index contributed by atoms with van der Waals surface area (Å²) in [5, 5.41) is 31.5. The van der Waals surface area contributed by atoms with Crippen molar-refractivity contribution in [1.82, 2.24) is 56.8 Å². The van der Waals surface area contributed by atoms with Gasteiger partial charge in [-0.1, -0.05) is 133 Å². The Morgan fingerprint density at radius 2 is 0.745 bits per heavy atom. The van der Waals surface area contributed by atoms with Crippen molar-refractivity contribution < 1.29 is 88.0 Å². The van der Waals surface area contributed by atoms with E-state index in [2.05, 4.69) is 110 Å². The van der Waals surface area contributed by atoms with Crippen molar-refractivity contribution in [3.05, 3.63) is 346 Å². The second-order valence-electron chi connectivity index (χ2n) is 25.3. The maximum atomic E-state index is 11.0. The predicted octanol–water partition coefficient (Wildman–Crippen LogP) is 20.2. The summed E-state index contributed by atoms with van der Waals surface area (Å²) in [6, 6.07) is 114. The first kappa shape index (κ1) is 71.2. The van der Waals surface area contributed by atoms with Gasteiger partial charge in [0, 0.05) is 97.9 Å². The molecule has 0 fully saturated rings. The van der Waals surface area contributed by atoms with E-state index in [-0.39, 0.29) is 80.4 Å². The number of fused-ring (bicyclic) bond motifs is 15. The van der Waals surface area contributed by atoms with Gasteiger partial charge in [0.15, 0.2) is 17.2 Å². The minimum absolute atomic E-state index is 0. The number of hydrogen-bond acceptors (Lipinski definition) is 11. The number of para-hydroxylation sites is 15. The van der Waals surface area contributed by atoms with Crippen molar-refractivity contribution in [2.45, 2.75) is 0 Å². The van der Waals surface area contributed by atoms with Gasteiger partial charge in [-0.05, 0) is 145 Å². The van der Waals surface area contributed by atoms with Crippen molar-refractivity contribution in [3.63, 3.8) is 0 Å². The van der Waals surface area contributed by atoms with Crippen LogP contribution in [0.5, 0.6) is 40.4 Å². The van der Waals surface area contributed by atoms with Crippen LogP contribution in [-0.4, -0.2) is 72.1 Å². The van der Waals surface area contributed by atoms with Gasteiger partial charge in [-0.25, -0.2) is 19.9 Å². The molecule has 0 bridgehead atoms. The maximum absolute atomic E-state index is 11.0. The smallest absolute Gasteiger partial charge is 0.219 e. The van der Waals surface area contributed by atoms with Gasteiger partial charge in [-0.2, -0.15) is 30.3 Å². The second kappa shape index (κ2) is 30.3. The van der Waals surface area contributed by atoms with Crippen LogP contribution in [0.4, 0.5) is 0 Å². The largest absolute Gasteiger partial charge is 0.507 e. The molecule has 0 unspecified atom stereocenters. The molecule has 9 aromatic heterocycles. The minimum atomic E-state index is 0. The van der Waals surface area contributed by atoms with Crippen LogP contribution in [-0.2, 0) is 63.2 Å². The van der Waals surface area contributed by atoms with Gasteiger partial charge in [0.1, 0.15) is 17.0 Å². The third-order valence-corrected chi connectivity index (χ3v) is 18.8. The Kier molecular flexibility index (Phi) is 19.6. The van der Waals surface area contributed by atoms with E-state index in [0.29, 0.717) is 62.4 Å². The van der Waals surface area contributed by atoms with Crippen LogP contribution < -0.4 is 9.47 Å². The first-order chi connectivity index (χ1) is 52.8. The fourth-order valence-corrected chi connectivity index (χ4v) is 14.1. The molecule has 0 atom stereocenters. The standard InChI is InChI=1S/2C30H19N4O2.C30H19N4O.3Pt/c35-28-17-6-1-11-22(28)23-13-8-18-29(31-23)36-21-10-7-9-20(19-21)33-26-15-4-5-16-27(26)34-25-14-3-2-12-24(25)32-30(33)34;35-29-21(22-13-6-7-19-31-22)12-8-18-27(29)36-26-17-9-16-25-28(26)32-30-33(20-10-2-1-3-11-20)23-14-4-5-15-24(23)34(25)30;35-29-18-6-1-11-22(29)24-14-8-13-23(31-24)20-9-7-10-21(19-20)33-27-16-4-5-17-28(27)34-26-15-3-2-12-25(26)32-30(33)34;;;/h1-18,35H;1-10,12-19,35H;1-18,35H;;;/q3*-1;;;. The van der Waals surface area contributed by atoms with Crippen molar-refractivity contribution in [2.24, 2.45) is 0 Å². The van der Waals surface area contributed by atoms with Gasteiger partial charge >= 0.3 is 0 Å². The molecular formula is C90H57N12O5Pt3-3. The molecule has 0 aliphatic carbocycles. The summed E-state index contributed by atoms with van der Waals surface area (Å²) in [6.45, 7) is 0. The SMILES string of the molecule is Oc1c(Oc2cccc3c2nc2n(-c4[c-]cccc4)c4ccccc4n32)cccc1-c1ccccn1.Oc1ccccc1-c1cccc(-c2[c-]c(-n3c4ccccc4n4c5ccccc5nc34)ccc2)n1.Oc1ccccc1-c1cccc(Oc2[c-]c(-n3c4ccccc4n4c5ccccc5nc34)ccc2)n1.[Pt].[Pt].[Pt]. The zero-order valence-corrected chi connectivity index (χ0v) is 64.5. The van der Waals surface area contributed by atoms with Gasteiger partial charge in [0.2, 0.25) is 23.2 Å². The molecule has 17 nitrogen and oxygen atoms in total. The molecule has 21 aromatic rings. The molecule has 9 heterocycles. The molecule has 20 heteroatoms. The van der Waals surface area contributed by atoms with Crippen LogP contribution in [0.1, 0.15) is 0 Å². The van der Waals surface area contributed by atoms with Crippen LogP contribution in [0.3, 0.4) is 0 Å². The van der Waals surface area contributed by atoms with Crippen molar-refractivity contribution >= 4 is 83.5 Å². The number of hydrogen-bond donors (Lipinski definition) is 3. The van der Waals surface area contributed by atoms with Crippen molar-refractivity contribution in [3.8, 4) is 102 Å². The molecule has 0 aliphatic rings. The van der Waals surface area contributed by atoms with Gasteiger partial charge in [0.05, 0.1) is 77.8 Å². The van der Waals surface area contributed by atoms with E-state index in [4.69, 9.17) is 29.4 Å². The average molecular weight is 1970 g/mol. The van der Waals surface area contributed by atoms with E-state index < -0.39 is 0 Å². The zero-order chi connectivity index (χ0) is 71.5. The number of aromatic hydroxyl groups is 3. The summed E-state index contributed by atoms with van der Waals surface area (Å²) in [6.07, 6.45) is 1.70. The van der Waals surface area contributed by atoms with Crippen LogP contribution >= 0.6 is 0 Å². The van der Waals surface area contributed by atoms with E-state index in [1.807, 2.05) is 231 Å². The molecule has 12 aromatic carbocycles. The molecule has 0 radical (unpaired) electrons. The minimum Gasteiger partial charge on any atom is -0.507 e. The third kappa shape index (κ3) is 12.8. The van der Waals surface area contributed by atoms with Crippen LogP contribution in [0.2, 0.25) is 0 Å². The zero-order valence-electron chi connectivity index (χ0n) is 57.7. The second-order valence-corrected chi connectivity index (χ2v) is 25.3. The maximum Gasteiger partial charge on any atom is 0.219 e. The molecule has 0 saturated carbocycles. The number of ether oxygens (including phenoxy) is 2. The Hall–Kier alpha value is -13.0. The van der Waals surface area contributed by atoms with E-state index in [1.165, 1.54) is 0 Å². The molecule has 0 saturated heterocycles. The number of pyridine rings is 3. The number of phenols is 3. The predicted molar refractivity (Wildman–Crippen MR) is 418 cm³/mol. The summed E-state index contributed by atoms with van der Waals surface area (Å²) in [5.74, 6) is 4.67. The number of rotatable bonds is 11. The Bertz CT molecular complexity index is 6990. The third-order valence-electron chi connectivity index (χ3n) is 18.8. The fraction of sp³-hybridized carbons (Fsp3) is 0.